The summed E-state index contributed by atoms with van der Waals surface area (Å²) in [6.07, 6.45) is 3.14. The van der Waals surface area contributed by atoms with E-state index in [1.807, 2.05) is 0 Å². The number of benzene rings is 2. The SMILES string of the molecule is NCC(=O)N1C=Cn2c(nc(-c3ccc(F)cc3)c2Nc2ccc(F)cc2F)C1. The Bertz CT molecular complexity index is 1110. The van der Waals surface area contributed by atoms with E-state index in [9.17, 15) is 18.0 Å². The van der Waals surface area contributed by atoms with Gasteiger partial charge in [0, 0.05) is 24.0 Å². The number of rotatable bonds is 4. The van der Waals surface area contributed by atoms with Crippen LogP contribution in [0.4, 0.5) is 24.7 Å². The number of anilines is 2. The lowest BCUT2D eigenvalue weighted by molar-refractivity contribution is -0.127. The largest absolute Gasteiger partial charge is 0.337 e. The minimum absolute atomic E-state index is 0.0475. The Hall–Kier alpha value is -3.59. The summed E-state index contributed by atoms with van der Waals surface area (Å²) >= 11 is 0. The molecule has 0 unspecified atom stereocenters. The first-order valence-corrected chi connectivity index (χ1v) is 8.73. The van der Waals surface area contributed by atoms with Crippen LogP contribution in [0.25, 0.3) is 17.5 Å². The second-order valence-corrected chi connectivity index (χ2v) is 6.38. The first-order chi connectivity index (χ1) is 14.0. The quantitative estimate of drug-likeness (QED) is 0.705. The van der Waals surface area contributed by atoms with Gasteiger partial charge < -0.3 is 16.0 Å². The maximum Gasteiger partial charge on any atom is 0.240 e. The van der Waals surface area contributed by atoms with Gasteiger partial charge in [-0.3, -0.25) is 9.36 Å². The van der Waals surface area contributed by atoms with Gasteiger partial charge >= 0.3 is 0 Å². The van der Waals surface area contributed by atoms with Gasteiger partial charge in [0.2, 0.25) is 5.91 Å². The lowest BCUT2D eigenvalue weighted by Crippen LogP contribution is -2.33. The number of hydrogen-bond acceptors (Lipinski definition) is 4. The smallest absolute Gasteiger partial charge is 0.240 e. The molecule has 2 heterocycles. The van der Waals surface area contributed by atoms with Crippen molar-refractivity contribution in [3.63, 3.8) is 0 Å². The number of fused-ring (bicyclic) bond motifs is 1. The highest BCUT2D eigenvalue weighted by molar-refractivity contribution is 5.82. The Morgan fingerprint density at radius 2 is 1.79 bits per heavy atom. The zero-order chi connectivity index (χ0) is 20.5. The van der Waals surface area contributed by atoms with Crippen LogP contribution >= 0.6 is 0 Å². The third kappa shape index (κ3) is 3.59. The van der Waals surface area contributed by atoms with Crippen molar-refractivity contribution < 1.29 is 18.0 Å². The van der Waals surface area contributed by atoms with Crippen molar-refractivity contribution in [2.24, 2.45) is 5.73 Å². The van der Waals surface area contributed by atoms with Gasteiger partial charge in [0.15, 0.2) is 0 Å². The Balaban J connectivity index is 1.81. The molecule has 2 aromatic carbocycles. The van der Waals surface area contributed by atoms with Crippen molar-refractivity contribution in [2.45, 2.75) is 6.54 Å². The summed E-state index contributed by atoms with van der Waals surface area (Å²) in [5.41, 5.74) is 6.48. The molecule has 3 N–H and O–H groups in total. The van der Waals surface area contributed by atoms with Crippen LogP contribution in [0.3, 0.4) is 0 Å². The van der Waals surface area contributed by atoms with E-state index < -0.39 is 17.5 Å². The molecule has 0 saturated carbocycles. The van der Waals surface area contributed by atoms with Crippen molar-refractivity contribution in [3.8, 4) is 11.3 Å². The second kappa shape index (κ2) is 7.44. The number of nitrogens with one attached hydrogen (secondary N) is 1. The molecule has 0 atom stereocenters. The molecule has 0 bridgehead atoms. The average molecular weight is 399 g/mol. The summed E-state index contributed by atoms with van der Waals surface area (Å²) in [6.45, 7) is 0.00999. The minimum atomic E-state index is -0.773. The second-order valence-electron chi connectivity index (χ2n) is 6.38. The molecule has 4 rings (SSSR count). The summed E-state index contributed by atoms with van der Waals surface area (Å²) in [5, 5.41) is 2.93. The van der Waals surface area contributed by atoms with Crippen molar-refractivity contribution in [3.05, 3.63) is 71.9 Å². The van der Waals surface area contributed by atoms with Crippen LogP contribution in [0, 0.1) is 17.5 Å². The van der Waals surface area contributed by atoms with Crippen molar-refractivity contribution in [1.82, 2.24) is 14.5 Å². The first-order valence-electron chi connectivity index (χ1n) is 8.73. The van der Waals surface area contributed by atoms with Crippen LogP contribution in [0.1, 0.15) is 5.82 Å². The fourth-order valence-electron chi connectivity index (χ4n) is 3.04. The summed E-state index contributed by atoms with van der Waals surface area (Å²) < 4.78 is 42.5. The normalized spacial score (nSPS) is 12.8. The molecule has 29 heavy (non-hydrogen) atoms. The molecule has 0 spiro atoms. The van der Waals surface area contributed by atoms with Crippen molar-refractivity contribution >= 4 is 23.6 Å². The Morgan fingerprint density at radius 1 is 1.07 bits per heavy atom. The number of nitrogens with two attached hydrogens (primary N) is 1. The number of carbonyl (C=O) groups excluding carboxylic acids is 1. The van der Waals surface area contributed by atoms with Gasteiger partial charge in [-0.1, -0.05) is 0 Å². The summed E-state index contributed by atoms with van der Waals surface area (Å²) in [5.74, 6) is -1.26. The highest BCUT2D eigenvalue weighted by Crippen LogP contribution is 2.34. The maximum atomic E-state index is 14.2. The van der Waals surface area contributed by atoms with E-state index in [1.165, 1.54) is 23.1 Å². The van der Waals surface area contributed by atoms with Gasteiger partial charge in [0.1, 0.15) is 34.8 Å². The first kappa shape index (κ1) is 18.8. The van der Waals surface area contributed by atoms with Gasteiger partial charge in [0.25, 0.3) is 0 Å². The van der Waals surface area contributed by atoms with E-state index in [4.69, 9.17) is 5.73 Å². The summed E-state index contributed by atoms with van der Waals surface area (Å²) in [6, 6.07) is 8.84. The molecule has 0 aliphatic carbocycles. The molecule has 3 aromatic rings. The third-order valence-electron chi connectivity index (χ3n) is 4.49. The number of aromatic nitrogens is 2. The molecule has 1 amide bonds. The zero-order valence-corrected chi connectivity index (χ0v) is 15.1. The highest BCUT2D eigenvalue weighted by atomic mass is 19.1. The van der Waals surface area contributed by atoms with Crippen LogP contribution in [-0.2, 0) is 11.3 Å². The minimum Gasteiger partial charge on any atom is -0.337 e. The third-order valence-corrected chi connectivity index (χ3v) is 4.49. The monoisotopic (exact) mass is 399 g/mol. The molecule has 0 saturated heterocycles. The lowest BCUT2D eigenvalue weighted by Gasteiger charge is -2.22. The standard InChI is InChI=1S/C20H16F3N5O/c21-13-3-1-12(2-4-13)19-20(25-16-6-5-14(22)9-15(16)23)28-8-7-27(18(29)10-24)11-17(28)26-19/h1-9,25H,10-11,24H2. The topological polar surface area (TPSA) is 76.2 Å². The van der Waals surface area contributed by atoms with E-state index in [-0.39, 0.29) is 24.7 Å². The average Bonchev–Trinajstić information content (AvgIpc) is 3.07. The number of hydrogen-bond donors (Lipinski definition) is 2. The van der Waals surface area contributed by atoms with E-state index in [1.54, 1.807) is 29.1 Å². The maximum absolute atomic E-state index is 14.2. The number of carbonyl (C=O) groups is 1. The van der Waals surface area contributed by atoms with Gasteiger partial charge in [0.05, 0.1) is 18.8 Å². The molecule has 0 fully saturated rings. The van der Waals surface area contributed by atoms with Gasteiger partial charge in [-0.25, -0.2) is 18.2 Å². The predicted molar refractivity (Wildman–Crippen MR) is 102 cm³/mol. The Kier molecular flexibility index (Phi) is 4.81. The number of halogens is 3. The van der Waals surface area contributed by atoms with Gasteiger partial charge in [-0.2, -0.15) is 0 Å². The molecule has 148 valence electrons. The Labute approximate surface area is 164 Å². The lowest BCUT2D eigenvalue weighted by atomic mass is 10.1. The van der Waals surface area contributed by atoms with E-state index in [0.29, 0.717) is 22.9 Å². The van der Waals surface area contributed by atoms with Crippen molar-refractivity contribution in [1.29, 1.82) is 0 Å². The van der Waals surface area contributed by atoms with Crippen molar-refractivity contribution in [2.75, 3.05) is 11.9 Å². The number of nitrogens with zero attached hydrogens (tertiary/aromatic N) is 3. The predicted octanol–water partition coefficient (Wildman–Crippen LogP) is 3.44. The van der Waals surface area contributed by atoms with Crippen LogP contribution in [0.5, 0.6) is 0 Å². The van der Waals surface area contributed by atoms with Crippen LogP contribution in [0.2, 0.25) is 0 Å². The molecule has 1 aliphatic rings. The molecule has 6 nitrogen and oxygen atoms in total. The van der Waals surface area contributed by atoms with Gasteiger partial charge in [-0.15, -0.1) is 0 Å². The summed E-state index contributed by atoms with van der Waals surface area (Å²) in [4.78, 5) is 17.9. The Morgan fingerprint density at radius 3 is 2.48 bits per heavy atom. The van der Waals surface area contributed by atoms with Crippen LogP contribution in [-0.4, -0.2) is 26.9 Å². The molecule has 1 aromatic heterocycles. The highest BCUT2D eigenvalue weighted by Gasteiger charge is 2.24. The fourth-order valence-corrected chi connectivity index (χ4v) is 3.04. The van der Waals surface area contributed by atoms with E-state index >= 15 is 0 Å². The van der Waals surface area contributed by atoms with Crippen LogP contribution in [0.15, 0.2) is 48.7 Å². The van der Waals surface area contributed by atoms with Gasteiger partial charge in [-0.05, 0) is 36.4 Å². The zero-order valence-electron chi connectivity index (χ0n) is 15.1. The molecular weight excluding hydrogens is 383 g/mol. The fraction of sp³-hybridized carbons (Fsp3) is 0.100. The molecule has 9 heteroatoms. The van der Waals surface area contributed by atoms with Crippen LogP contribution < -0.4 is 11.1 Å². The number of imidazole rings is 1. The van der Waals surface area contributed by atoms with E-state index in [0.717, 1.165) is 12.1 Å². The molecule has 1 aliphatic heterocycles. The molecule has 0 radical (unpaired) electrons. The summed E-state index contributed by atoms with van der Waals surface area (Å²) in [7, 11) is 0. The van der Waals surface area contributed by atoms with E-state index in [2.05, 4.69) is 10.3 Å². The molecular formula is C20H16F3N5O. The number of amides is 1.